The predicted octanol–water partition coefficient (Wildman–Crippen LogP) is 1.20. The van der Waals surface area contributed by atoms with Crippen molar-refractivity contribution in [3.8, 4) is 0 Å². The monoisotopic (exact) mass is 317 g/mol. The molecular weight excluding hydrogens is 286 g/mol. The fourth-order valence-corrected chi connectivity index (χ4v) is 2.91. The molecule has 5 heteroatoms. The van der Waals surface area contributed by atoms with E-state index in [9.17, 15) is 0 Å². The van der Waals surface area contributed by atoms with Crippen LogP contribution in [0.25, 0.3) is 0 Å². The van der Waals surface area contributed by atoms with Gasteiger partial charge in [0.25, 0.3) is 0 Å². The van der Waals surface area contributed by atoms with E-state index in [1.807, 2.05) is 7.05 Å². The summed E-state index contributed by atoms with van der Waals surface area (Å²) in [5.74, 6) is 1.34. The predicted molar refractivity (Wildman–Crippen MR) is 98.1 cm³/mol. The van der Waals surface area contributed by atoms with E-state index in [1.165, 1.54) is 5.56 Å². The Hall–Kier alpha value is -1.59. The molecule has 1 aromatic rings. The Kier molecular flexibility index (Phi) is 6.86. The molecule has 1 aromatic carbocycles. The molecule has 1 aliphatic heterocycles. The zero-order valence-electron chi connectivity index (χ0n) is 14.9. The molecule has 2 unspecified atom stereocenters. The molecule has 0 aliphatic carbocycles. The van der Waals surface area contributed by atoms with Gasteiger partial charge in [-0.2, -0.15) is 0 Å². The first-order valence-electron chi connectivity index (χ1n) is 8.48. The van der Waals surface area contributed by atoms with Crippen LogP contribution in [0.5, 0.6) is 0 Å². The lowest BCUT2D eigenvalue weighted by Crippen LogP contribution is -2.55. The normalized spacial score (nSPS) is 21.9. The third-order valence-electron chi connectivity index (χ3n) is 4.65. The third kappa shape index (κ3) is 5.52. The first-order chi connectivity index (χ1) is 11.1. The van der Waals surface area contributed by atoms with Crippen molar-refractivity contribution in [3.63, 3.8) is 0 Å². The summed E-state index contributed by atoms with van der Waals surface area (Å²) in [4.78, 5) is 9.16. The van der Waals surface area contributed by atoms with Gasteiger partial charge < -0.3 is 15.5 Å². The second-order valence-electron chi connectivity index (χ2n) is 6.54. The van der Waals surface area contributed by atoms with Gasteiger partial charge in [-0.05, 0) is 25.6 Å². The fraction of sp³-hybridized carbons (Fsp3) is 0.611. The Morgan fingerprint density at radius 3 is 2.65 bits per heavy atom. The largest absolute Gasteiger partial charge is 0.356 e. The molecule has 0 saturated carbocycles. The molecule has 5 nitrogen and oxygen atoms in total. The number of rotatable bonds is 5. The molecule has 0 amide bonds. The Morgan fingerprint density at radius 2 is 1.96 bits per heavy atom. The summed E-state index contributed by atoms with van der Waals surface area (Å²) >= 11 is 0. The summed E-state index contributed by atoms with van der Waals surface area (Å²) < 4.78 is 0. The van der Waals surface area contributed by atoms with Crippen LogP contribution in [-0.4, -0.2) is 75.7 Å². The Labute approximate surface area is 140 Å². The molecule has 23 heavy (non-hydrogen) atoms. The standard InChI is InChI=1S/C18H31N5/c1-15(16-8-6-5-7-9-16)12-20-18(19-2)21-13-17-14-22(3)10-11-23(17)4/h5-9,15,17H,10-14H2,1-4H3,(H2,19,20,21). The number of hydrogen-bond acceptors (Lipinski definition) is 3. The van der Waals surface area contributed by atoms with Crippen LogP contribution in [0.2, 0.25) is 0 Å². The highest BCUT2D eigenvalue weighted by molar-refractivity contribution is 5.79. The number of nitrogens with zero attached hydrogens (tertiary/aromatic N) is 3. The molecule has 0 bridgehead atoms. The van der Waals surface area contributed by atoms with E-state index in [0.29, 0.717) is 12.0 Å². The summed E-state index contributed by atoms with van der Waals surface area (Å²) in [7, 11) is 6.22. The molecule has 128 valence electrons. The zero-order valence-corrected chi connectivity index (χ0v) is 14.9. The topological polar surface area (TPSA) is 42.9 Å². The maximum Gasteiger partial charge on any atom is 0.191 e. The number of aliphatic imine (C=N–C) groups is 1. The molecule has 0 radical (unpaired) electrons. The molecule has 1 aliphatic rings. The number of benzene rings is 1. The van der Waals surface area contributed by atoms with E-state index in [0.717, 1.165) is 38.7 Å². The lowest BCUT2D eigenvalue weighted by molar-refractivity contribution is 0.116. The molecular formula is C18H31N5. The lowest BCUT2D eigenvalue weighted by Gasteiger charge is -2.38. The summed E-state index contributed by atoms with van der Waals surface area (Å²) in [6.45, 7) is 7.40. The second-order valence-corrected chi connectivity index (χ2v) is 6.54. The van der Waals surface area contributed by atoms with Crippen LogP contribution in [0, 0.1) is 0 Å². The van der Waals surface area contributed by atoms with Crippen molar-refractivity contribution in [1.82, 2.24) is 20.4 Å². The second kappa shape index (κ2) is 8.89. The molecule has 2 N–H and O–H groups in total. The highest BCUT2D eigenvalue weighted by atomic mass is 15.3. The average molecular weight is 317 g/mol. The fourth-order valence-electron chi connectivity index (χ4n) is 2.91. The minimum absolute atomic E-state index is 0.457. The van der Waals surface area contributed by atoms with Crippen LogP contribution in [0.15, 0.2) is 35.3 Å². The van der Waals surface area contributed by atoms with Gasteiger partial charge in [-0.15, -0.1) is 0 Å². The molecule has 1 heterocycles. The van der Waals surface area contributed by atoms with Crippen LogP contribution < -0.4 is 10.6 Å². The maximum atomic E-state index is 4.34. The summed E-state index contributed by atoms with van der Waals surface area (Å²) in [5, 5.41) is 6.91. The van der Waals surface area contributed by atoms with Crippen molar-refractivity contribution in [1.29, 1.82) is 0 Å². The summed E-state index contributed by atoms with van der Waals surface area (Å²) in [5.41, 5.74) is 1.35. The number of guanidine groups is 1. The Balaban J connectivity index is 1.77. The molecule has 1 saturated heterocycles. The molecule has 2 rings (SSSR count). The summed E-state index contributed by atoms with van der Waals surface area (Å²) in [6, 6.07) is 11.1. The maximum absolute atomic E-state index is 4.34. The van der Waals surface area contributed by atoms with Crippen LogP contribution in [-0.2, 0) is 0 Å². The average Bonchev–Trinajstić information content (AvgIpc) is 2.58. The molecule has 2 atom stereocenters. The van der Waals surface area contributed by atoms with Gasteiger partial charge in [-0.25, -0.2) is 0 Å². The van der Waals surface area contributed by atoms with Gasteiger partial charge in [-0.3, -0.25) is 9.89 Å². The minimum Gasteiger partial charge on any atom is -0.356 e. The van der Waals surface area contributed by atoms with E-state index in [2.05, 4.69) is 76.8 Å². The van der Waals surface area contributed by atoms with E-state index >= 15 is 0 Å². The van der Waals surface area contributed by atoms with Crippen molar-refractivity contribution in [2.75, 3.05) is 53.9 Å². The van der Waals surface area contributed by atoms with Crippen molar-refractivity contribution in [2.24, 2.45) is 4.99 Å². The molecule has 0 spiro atoms. The number of likely N-dealkylation sites (N-methyl/N-ethyl adjacent to an activating group) is 2. The Bertz CT molecular complexity index is 487. The van der Waals surface area contributed by atoms with Gasteiger partial charge in [0.1, 0.15) is 0 Å². The SMILES string of the molecule is CN=C(NCC(C)c1ccccc1)NCC1CN(C)CCN1C. The number of piperazine rings is 1. The number of hydrogen-bond donors (Lipinski definition) is 2. The minimum atomic E-state index is 0.457. The van der Waals surface area contributed by atoms with Gasteiger partial charge in [-0.1, -0.05) is 37.3 Å². The smallest absolute Gasteiger partial charge is 0.191 e. The molecule has 1 fully saturated rings. The summed E-state index contributed by atoms with van der Waals surface area (Å²) in [6.07, 6.45) is 0. The Morgan fingerprint density at radius 1 is 1.22 bits per heavy atom. The van der Waals surface area contributed by atoms with Gasteiger partial charge >= 0.3 is 0 Å². The first-order valence-corrected chi connectivity index (χ1v) is 8.48. The van der Waals surface area contributed by atoms with E-state index in [1.54, 1.807) is 0 Å². The van der Waals surface area contributed by atoms with Crippen LogP contribution in [0.4, 0.5) is 0 Å². The van der Waals surface area contributed by atoms with Crippen molar-refractivity contribution in [3.05, 3.63) is 35.9 Å². The van der Waals surface area contributed by atoms with Crippen LogP contribution in [0.1, 0.15) is 18.4 Å². The van der Waals surface area contributed by atoms with Crippen LogP contribution in [0.3, 0.4) is 0 Å². The highest BCUT2D eigenvalue weighted by Crippen LogP contribution is 2.12. The van der Waals surface area contributed by atoms with E-state index in [-0.39, 0.29) is 0 Å². The van der Waals surface area contributed by atoms with Gasteiger partial charge in [0.15, 0.2) is 5.96 Å². The van der Waals surface area contributed by atoms with E-state index < -0.39 is 0 Å². The van der Waals surface area contributed by atoms with Crippen molar-refractivity contribution >= 4 is 5.96 Å². The van der Waals surface area contributed by atoms with Gasteiger partial charge in [0, 0.05) is 45.8 Å². The van der Waals surface area contributed by atoms with Crippen LogP contribution >= 0.6 is 0 Å². The van der Waals surface area contributed by atoms with Gasteiger partial charge in [0.05, 0.1) is 0 Å². The lowest BCUT2D eigenvalue weighted by atomic mass is 10.0. The first kappa shape index (κ1) is 17.8. The molecule has 0 aromatic heterocycles. The third-order valence-corrected chi connectivity index (χ3v) is 4.65. The van der Waals surface area contributed by atoms with Crippen molar-refractivity contribution < 1.29 is 0 Å². The zero-order chi connectivity index (χ0) is 16.7. The highest BCUT2D eigenvalue weighted by Gasteiger charge is 2.22. The quantitative estimate of drug-likeness (QED) is 0.633. The van der Waals surface area contributed by atoms with Crippen molar-refractivity contribution in [2.45, 2.75) is 18.9 Å². The number of nitrogens with one attached hydrogen (secondary N) is 2. The van der Waals surface area contributed by atoms with Gasteiger partial charge in [0.2, 0.25) is 0 Å². The van der Waals surface area contributed by atoms with E-state index in [4.69, 9.17) is 0 Å².